The van der Waals surface area contributed by atoms with Crippen LogP contribution in [0.5, 0.6) is 0 Å². The first-order chi connectivity index (χ1) is 48.7. The Labute approximate surface area is 611 Å². The zero-order valence-electron chi connectivity index (χ0n) is 64.4. The van der Waals surface area contributed by atoms with Crippen LogP contribution in [0.2, 0.25) is 0 Å². The summed E-state index contributed by atoms with van der Waals surface area (Å²) in [6, 6.07) is 0. The Morgan fingerprint density at radius 2 is 0.490 bits per heavy atom. The van der Waals surface area contributed by atoms with Crippen LogP contribution in [0.3, 0.4) is 0 Å². The Bertz CT molecular complexity index is 2040. The van der Waals surface area contributed by atoms with Gasteiger partial charge in [-0.15, -0.1) is 0 Å². The quantitative estimate of drug-likeness (QED) is 0.0169. The minimum Gasteiger partial charge on any atom is -0.462 e. The van der Waals surface area contributed by atoms with Crippen LogP contribution < -0.4 is 0 Å². The molecule has 100 heavy (non-hydrogen) atoms. The van der Waals surface area contributed by atoms with E-state index in [9.17, 15) is 43.2 Å². The largest absolute Gasteiger partial charge is 0.472 e. The van der Waals surface area contributed by atoms with Crippen LogP contribution in [0, 0.1) is 0 Å². The van der Waals surface area contributed by atoms with E-state index in [0.29, 0.717) is 25.7 Å². The van der Waals surface area contributed by atoms with Gasteiger partial charge in [0, 0.05) is 25.7 Å². The van der Waals surface area contributed by atoms with E-state index >= 15 is 0 Å². The average Bonchev–Trinajstić information content (AvgIpc) is 1.01. The highest BCUT2D eigenvalue weighted by molar-refractivity contribution is 7.47. The molecule has 0 aromatic rings. The van der Waals surface area contributed by atoms with Gasteiger partial charge in [0.2, 0.25) is 0 Å². The van der Waals surface area contributed by atoms with E-state index in [1.54, 1.807) is 0 Å². The number of phosphoric ester groups is 2. The number of hydrogen-bond acceptors (Lipinski definition) is 15. The van der Waals surface area contributed by atoms with Crippen molar-refractivity contribution in [3.63, 3.8) is 0 Å². The van der Waals surface area contributed by atoms with Crippen LogP contribution in [0.1, 0.15) is 400 Å². The summed E-state index contributed by atoms with van der Waals surface area (Å²) in [5.41, 5.74) is 0. The number of ether oxygens (including phenoxy) is 4. The third-order valence-corrected chi connectivity index (χ3v) is 20.0. The van der Waals surface area contributed by atoms with E-state index in [2.05, 4.69) is 64.2 Å². The lowest BCUT2D eigenvalue weighted by atomic mass is 10.0. The van der Waals surface area contributed by atoms with Crippen LogP contribution >= 0.6 is 15.6 Å². The van der Waals surface area contributed by atoms with Gasteiger partial charge in [-0.25, -0.2) is 9.13 Å². The molecular weight excluding hydrogens is 1310 g/mol. The standard InChI is InChI=1S/C81H152O17P2/c1-5-9-13-17-21-25-29-33-37-41-45-49-53-57-61-65-78(83)91-71-76(97-80(85)67-63-59-55-51-47-43-39-35-31-27-23-19-15-11-7-3)73-95-99(87,88)93-69-75(82)70-94-100(89,90)96-74-77(98-81(86)68-64-60-56-52-48-44-40-36-32-28-24-20-16-12-8-4)72-92-79(84)66-62-58-54-50-46-42-38-34-30-26-22-18-14-10-6-2/h21,25,27,31,33,37,75-77,82H,5-20,22-24,26,28-30,32,34-36,38-74H2,1-4H3,(H,87,88)(H,89,90)/b25-21-,31-27-,37-33-/t75-,76-,77-/m1/s1. The van der Waals surface area contributed by atoms with E-state index < -0.39 is 97.5 Å². The summed E-state index contributed by atoms with van der Waals surface area (Å²) < 4.78 is 68.7. The fourth-order valence-electron chi connectivity index (χ4n) is 11.8. The third kappa shape index (κ3) is 73.6. The highest BCUT2D eigenvalue weighted by atomic mass is 31.2. The molecule has 17 nitrogen and oxygen atoms in total. The van der Waals surface area contributed by atoms with E-state index in [-0.39, 0.29) is 25.7 Å². The molecule has 0 aromatic carbocycles. The lowest BCUT2D eigenvalue weighted by Gasteiger charge is -2.21. The number of carbonyl (C=O) groups is 4. The summed E-state index contributed by atoms with van der Waals surface area (Å²) in [5, 5.41) is 10.6. The molecule has 0 aliphatic carbocycles. The summed E-state index contributed by atoms with van der Waals surface area (Å²) in [4.78, 5) is 73.0. The van der Waals surface area contributed by atoms with Crippen LogP contribution in [-0.4, -0.2) is 96.7 Å². The van der Waals surface area contributed by atoms with Crippen molar-refractivity contribution < 1.29 is 80.2 Å². The van der Waals surface area contributed by atoms with Gasteiger partial charge in [0.15, 0.2) is 12.2 Å². The van der Waals surface area contributed by atoms with Crippen molar-refractivity contribution in [3.8, 4) is 0 Å². The number of carbonyl (C=O) groups excluding carboxylic acids is 4. The summed E-state index contributed by atoms with van der Waals surface area (Å²) in [5.74, 6) is -2.14. The fourth-order valence-corrected chi connectivity index (χ4v) is 13.4. The molecule has 19 heteroatoms. The monoisotopic (exact) mass is 1460 g/mol. The molecular formula is C81H152O17P2. The maximum absolute atomic E-state index is 13.1. The maximum atomic E-state index is 13.1. The third-order valence-electron chi connectivity index (χ3n) is 18.1. The molecule has 5 atom stereocenters. The first-order valence-corrected chi connectivity index (χ1v) is 44.2. The van der Waals surface area contributed by atoms with E-state index in [4.69, 9.17) is 37.0 Å². The Hall–Kier alpha value is -2.72. The van der Waals surface area contributed by atoms with Crippen molar-refractivity contribution in [3.05, 3.63) is 36.5 Å². The summed E-state index contributed by atoms with van der Waals surface area (Å²) >= 11 is 0. The molecule has 0 radical (unpaired) electrons. The topological polar surface area (TPSA) is 237 Å². The normalized spacial score (nSPS) is 14.0. The van der Waals surface area contributed by atoms with Gasteiger partial charge in [-0.3, -0.25) is 37.3 Å². The van der Waals surface area contributed by atoms with Gasteiger partial charge in [0.25, 0.3) is 0 Å². The van der Waals surface area contributed by atoms with Gasteiger partial charge in [-0.2, -0.15) is 0 Å². The Kier molecular flexibility index (Phi) is 72.5. The molecule has 588 valence electrons. The molecule has 0 heterocycles. The number of aliphatic hydroxyl groups is 1. The Balaban J connectivity index is 5.31. The second kappa shape index (κ2) is 74.5. The average molecular weight is 1460 g/mol. The van der Waals surface area contributed by atoms with Gasteiger partial charge >= 0.3 is 39.5 Å². The Morgan fingerprint density at radius 1 is 0.280 bits per heavy atom. The van der Waals surface area contributed by atoms with Gasteiger partial charge < -0.3 is 33.8 Å². The first-order valence-electron chi connectivity index (χ1n) is 41.2. The zero-order valence-corrected chi connectivity index (χ0v) is 66.2. The van der Waals surface area contributed by atoms with E-state index in [0.717, 1.165) is 141 Å². The lowest BCUT2D eigenvalue weighted by molar-refractivity contribution is -0.161. The second-order valence-corrected chi connectivity index (χ2v) is 31.0. The number of rotatable bonds is 79. The van der Waals surface area contributed by atoms with Gasteiger partial charge in [-0.1, -0.05) is 327 Å². The predicted octanol–water partition coefficient (Wildman–Crippen LogP) is 23.9. The Morgan fingerprint density at radius 3 is 0.780 bits per heavy atom. The molecule has 0 rings (SSSR count). The number of allylic oxidation sites excluding steroid dienone is 6. The number of hydrogen-bond donors (Lipinski definition) is 3. The SMILES string of the molecule is CCCCC/C=C\C/C=C\CCCCCCCC(=O)OC[C@H](COP(=O)(O)OC[C@@H](O)COP(=O)(O)OC[C@@H](COC(=O)CCCCCCCCCCCCCCCCC)OC(=O)CCCCCCCCCCCCCCCCC)OC(=O)CCCCCCCCC/C=C\CCCCCC. The van der Waals surface area contributed by atoms with Crippen molar-refractivity contribution >= 4 is 39.5 Å². The van der Waals surface area contributed by atoms with Gasteiger partial charge in [0.05, 0.1) is 26.4 Å². The van der Waals surface area contributed by atoms with Crippen LogP contribution in [-0.2, 0) is 65.4 Å². The number of phosphoric acid groups is 2. The van der Waals surface area contributed by atoms with Crippen molar-refractivity contribution in [1.82, 2.24) is 0 Å². The fraction of sp³-hybridized carbons (Fsp3) is 0.877. The molecule has 0 spiro atoms. The zero-order chi connectivity index (χ0) is 73.2. The van der Waals surface area contributed by atoms with Crippen LogP contribution in [0.15, 0.2) is 36.5 Å². The predicted molar refractivity (Wildman–Crippen MR) is 409 cm³/mol. The summed E-state index contributed by atoms with van der Waals surface area (Å²) in [6.45, 7) is 4.93. The first kappa shape index (κ1) is 97.3. The van der Waals surface area contributed by atoms with Gasteiger partial charge in [-0.05, 0) is 83.5 Å². The lowest BCUT2D eigenvalue weighted by Crippen LogP contribution is -2.30. The summed E-state index contributed by atoms with van der Waals surface area (Å²) in [6.07, 6.45) is 71.0. The minimum atomic E-state index is -4.97. The maximum Gasteiger partial charge on any atom is 0.472 e. The molecule has 3 N–H and O–H groups in total. The smallest absolute Gasteiger partial charge is 0.462 e. The molecule has 0 aromatic heterocycles. The van der Waals surface area contributed by atoms with Gasteiger partial charge in [0.1, 0.15) is 19.3 Å². The molecule has 0 saturated heterocycles. The minimum absolute atomic E-state index is 0.0931. The van der Waals surface area contributed by atoms with Crippen molar-refractivity contribution in [2.75, 3.05) is 39.6 Å². The number of unbranched alkanes of at least 4 members (excludes halogenated alkanes) is 47. The second-order valence-electron chi connectivity index (χ2n) is 28.1. The van der Waals surface area contributed by atoms with Crippen LogP contribution in [0.4, 0.5) is 0 Å². The molecule has 0 fully saturated rings. The van der Waals surface area contributed by atoms with Crippen molar-refractivity contribution in [1.29, 1.82) is 0 Å². The molecule has 0 aliphatic heterocycles. The highest BCUT2D eigenvalue weighted by Crippen LogP contribution is 2.45. The summed E-state index contributed by atoms with van der Waals surface area (Å²) in [7, 11) is -9.94. The van der Waals surface area contributed by atoms with E-state index in [1.807, 2.05) is 0 Å². The molecule has 0 aliphatic rings. The molecule has 2 unspecified atom stereocenters. The number of esters is 4. The molecule has 0 amide bonds. The number of aliphatic hydroxyl groups excluding tert-OH is 1. The van der Waals surface area contributed by atoms with Crippen LogP contribution in [0.25, 0.3) is 0 Å². The van der Waals surface area contributed by atoms with Crippen molar-refractivity contribution in [2.24, 2.45) is 0 Å². The highest BCUT2D eigenvalue weighted by Gasteiger charge is 2.30. The molecule has 0 bridgehead atoms. The molecule has 0 saturated carbocycles. The van der Waals surface area contributed by atoms with E-state index in [1.165, 1.54) is 180 Å². The van der Waals surface area contributed by atoms with Crippen molar-refractivity contribution in [2.45, 2.75) is 418 Å².